The van der Waals surface area contributed by atoms with Crippen LogP contribution < -0.4 is 11.2 Å². The molecule has 0 aliphatic carbocycles. The van der Waals surface area contributed by atoms with Crippen LogP contribution in [-0.4, -0.2) is 57.1 Å². The summed E-state index contributed by atoms with van der Waals surface area (Å²) in [6.45, 7) is 6.14. The zero-order chi connectivity index (χ0) is 19.3. The minimum Gasteiger partial charge on any atom is -0.404 e. The zero-order valence-electron chi connectivity index (χ0n) is 16.0. The number of nitrogens with one attached hydrogen (secondary N) is 1. The first kappa shape index (κ1) is 20.8. The average Bonchev–Trinajstić information content (AvgIpc) is 3.04. The molecule has 2 aliphatic heterocycles. The molecule has 1 spiro atoms. The molecule has 2 atom stereocenters. The fourth-order valence-electron chi connectivity index (χ4n) is 3.98. The summed E-state index contributed by atoms with van der Waals surface area (Å²) in [5, 5.41) is 0. The molecule has 2 aliphatic rings. The third kappa shape index (κ3) is 4.91. The highest BCUT2D eigenvalue weighted by atomic mass is 35.5. The number of hydroxylamine groups is 1. The number of fused-ring (bicyclic) bond motifs is 2. The number of likely N-dealkylation sites (tertiary alicyclic amines) is 1. The van der Waals surface area contributed by atoms with Crippen molar-refractivity contribution in [2.24, 2.45) is 10.7 Å². The molecule has 27 heavy (non-hydrogen) atoms. The van der Waals surface area contributed by atoms with Crippen molar-refractivity contribution in [1.82, 2.24) is 10.4 Å². The van der Waals surface area contributed by atoms with Crippen molar-refractivity contribution >= 4 is 29.2 Å². The molecule has 0 saturated carbocycles. The third-order valence-corrected chi connectivity index (χ3v) is 6.83. The van der Waals surface area contributed by atoms with Crippen LogP contribution in [0.3, 0.4) is 0 Å². The van der Waals surface area contributed by atoms with Crippen LogP contribution in [0.1, 0.15) is 30.2 Å². The van der Waals surface area contributed by atoms with E-state index in [4.69, 9.17) is 26.9 Å². The molecule has 0 radical (unpaired) electrons. The number of nitrogens with zero attached hydrogens (tertiary/aromatic N) is 2. The molecule has 1 aromatic rings. The van der Waals surface area contributed by atoms with E-state index in [0.717, 1.165) is 48.9 Å². The van der Waals surface area contributed by atoms with Crippen molar-refractivity contribution in [2.75, 3.05) is 39.9 Å². The second-order valence-electron chi connectivity index (χ2n) is 7.15. The lowest BCUT2D eigenvalue weighted by atomic mass is 9.82. The normalized spacial score (nSPS) is 26.8. The van der Waals surface area contributed by atoms with Gasteiger partial charge in [0.2, 0.25) is 0 Å². The van der Waals surface area contributed by atoms with Gasteiger partial charge in [-0.25, -0.2) is 5.48 Å². The van der Waals surface area contributed by atoms with Gasteiger partial charge >= 0.3 is 0 Å². The number of piperidine rings is 1. The molecule has 1 aromatic heterocycles. The highest BCUT2D eigenvalue weighted by Gasteiger charge is 2.44. The molecule has 1 fully saturated rings. The lowest BCUT2D eigenvalue weighted by Crippen LogP contribution is -2.50. The maximum Gasteiger partial charge on any atom is 0.105 e. The molecule has 1 unspecified atom stereocenters. The van der Waals surface area contributed by atoms with Crippen LogP contribution in [0.25, 0.3) is 0 Å². The van der Waals surface area contributed by atoms with Gasteiger partial charge in [0.1, 0.15) is 5.60 Å². The summed E-state index contributed by atoms with van der Waals surface area (Å²) in [5.41, 5.74) is 10.8. The van der Waals surface area contributed by atoms with Gasteiger partial charge in [-0.2, -0.15) is 0 Å². The van der Waals surface area contributed by atoms with E-state index in [-0.39, 0.29) is 5.60 Å². The molecule has 3 heterocycles. The number of hydrogen-bond acceptors (Lipinski definition) is 7. The topological polar surface area (TPSA) is 72.1 Å². The van der Waals surface area contributed by atoms with Crippen molar-refractivity contribution in [3.8, 4) is 0 Å². The van der Waals surface area contributed by atoms with Crippen molar-refractivity contribution in [3.05, 3.63) is 32.6 Å². The number of nitrogens with two attached hydrogens (primary N) is 1. The standard InChI is InChI=1S/C19H29ClN4O2S/c1-14-10-19(18-16(3-8-26-19)9-17(20)27-18)4-7-24(14)13-15(11-21)12-22-5-6-23-25-2/h9,11-12,14,23H,3-8,10,13,21H2,1-2H3/t14-,19?/m0/s1. The number of aliphatic imine (C=N–C) groups is 1. The number of ether oxygens (including phenoxy) is 1. The number of hydrogen-bond donors (Lipinski definition) is 2. The maximum atomic E-state index is 6.34. The van der Waals surface area contributed by atoms with Crippen LogP contribution in [0.4, 0.5) is 0 Å². The van der Waals surface area contributed by atoms with E-state index in [2.05, 4.69) is 28.4 Å². The first-order chi connectivity index (χ1) is 13.1. The van der Waals surface area contributed by atoms with Crippen LogP contribution in [0.15, 0.2) is 22.8 Å². The Kier molecular flexibility index (Phi) is 7.30. The SMILES string of the molecule is CONCCN=CC(=CN)CN1CCC2(C[C@@H]1C)OCCc1cc(Cl)sc12. The Morgan fingerprint density at radius 2 is 2.48 bits per heavy atom. The monoisotopic (exact) mass is 412 g/mol. The summed E-state index contributed by atoms with van der Waals surface area (Å²) in [6, 6.07) is 2.51. The average molecular weight is 413 g/mol. The van der Waals surface area contributed by atoms with E-state index in [9.17, 15) is 0 Å². The predicted molar refractivity (Wildman–Crippen MR) is 112 cm³/mol. The Labute approximate surface area is 170 Å². The van der Waals surface area contributed by atoms with Crippen molar-refractivity contribution in [3.63, 3.8) is 0 Å². The maximum absolute atomic E-state index is 6.34. The summed E-state index contributed by atoms with van der Waals surface area (Å²) in [6.07, 6.45) is 6.44. The Morgan fingerprint density at radius 1 is 1.63 bits per heavy atom. The highest BCUT2D eigenvalue weighted by Crippen LogP contribution is 2.47. The van der Waals surface area contributed by atoms with E-state index in [1.165, 1.54) is 10.4 Å². The molecule has 0 bridgehead atoms. The molecule has 150 valence electrons. The molecule has 3 rings (SSSR count). The number of thiophene rings is 1. The van der Waals surface area contributed by atoms with Gasteiger partial charge in [0.15, 0.2) is 0 Å². The van der Waals surface area contributed by atoms with E-state index in [0.29, 0.717) is 19.1 Å². The fourth-order valence-corrected chi connectivity index (χ4v) is 5.46. The van der Waals surface area contributed by atoms with Crippen molar-refractivity contribution < 1.29 is 9.57 Å². The van der Waals surface area contributed by atoms with Crippen LogP contribution in [0.5, 0.6) is 0 Å². The van der Waals surface area contributed by atoms with Crippen molar-refractivity contribution in [1.29, 1.82) is 0 Å². The molecule has 0 aromatic carbocycles. The van der Waals surface area contributed by atoms with E-state index >= 15 is 0 Å². The number of halogens is 1. The van der Waals surface area contributed by atoms with Crippen LogP contribution in [0, 0.1) is 0 Å². The second-order valence-corrected chi connectivity index (χ2v) is 8.83. The predicted octanol–water partition coefficient (Wildman–Crippen LogP) is 2.72. The van der Waals surface area contributed by atoms with Gasteiger partial charge < -0.3 is 15.3 Å². The molecular weight excluding hydrogens is 384 g/mol. The fraction of sp³-hybridized carbons (Fsp3) is 0.632. The third-order valence-electron chi connectivity index (χ3n) is 5.34. The van der Waals surface area contributed by atoms with Crippen LogP contribution in [-0.2, 0) is 21.6 Å². The van der Waals surface area contributed by atoms with E-state index in [1.54, 1.807) is 24.6 Å². The van der Waals surface area contributed by atoms with Gasteiger partial charge in [-0.15, -0.1) is 11.3 Å². The molecule has 0 amide bonds. The van der Waals surface area contributed by atoms with Crippen LogP contribution >= 0.6 is 22.9 Å². The lowest BCUT2D eigenvalue weighted by Gasteiger charge is -2.47. The first-order valence-electron chi connectivity index (χ1n) is 9.41. The Morgan fingerprint density at radius 3 is 3.22 bits per heavy atom. The van der Waals surface area contributed by atoms with Crippen molar-refractivity contribution in [2.45, 2.75) is 37.8 Å². The zero-order valence-corrected chi connectivity index (χ0v) is 17.6. The van der Waals surface area contributed by atoms with Crippen LogP contribution in [0.2, 0.25) is 4.34 Å². The summed E-state index contributed by atoms with van der Waals surface area (Å²) >= 11 is 7.98. The van der Waals surface area contributed by atoms with Gasteiger partial charge in [0.25, 0.3) is 0 Å². The molecule has 6 nitrogen and oxygen atoms in total. The van der Waals surface area contributed by atoms with Gasteiger partial charge in [-0.1, -0.05) is 11.6 Å². The smallest absolute Gasteiger partial charge is 0.105 e. The second kappa shape index (κ2) is 9.49. The summed E-state index contributed by atoms with van der Waals surface area (Å²) in [7, 11) is 1.60. The Hall–Kier alpha value is -0.960. The molecule has 8 heteroatoms. The molecule has 3 N–H and O–H groups in total. The summed E-state index contributed by atoms with van der Waals surface area (Å²) < 4.78 is 7.21. The minimum atomic E-state index is -0.173. The van der Waals surface area contributed by atoms with E-state index < -0.39 is 0 Å². The minimum absolute atomic E-state index is 0.173. The first-order valence-corrected chi connectivity index (χ1v) is 10.6. The Balaban J connectivity index is 1.60. The molecule has 1 saturated heterocycles. The quantitative estimate of drug-likeness (QED) is 0.409. The Bertz CT molecular complexity index is 693. The van der Waals surface area contributed by atoms with Gasteiger partial charge in [-0.3, -0.25) is 9.89 Å². The van der Waals surface area contributed by atoms with Gasteiger partial charge in [0.05, 0.1) is 24.6 Å². The van der Waals surface area contributed by atoms with Gasteiger partial charge in [-0.05, 0) is 49.6 Å². The molecular formula is C19H29ClN4O2S. The largest absolute Gasteiger partial charge is 0.404 e. The summed E-state index contributed by atoms with van der Waals surface area (Å²) in [5.74, 6) is 0. The number of rotatable bonds is 7. The van der Waals surface area contributed by atoms with Gasteiger partial charge in [0, 0.05) is 36.8 Å². The summed E-state index contributed by atoms with van der Waals surface area (Å²) in [4.78, 5) is 13.0. The highest BCUT2D eigenvalue weighted by molar-refractivity contribution is 7.16. The van der Waals surface area contributed by atoms with E-state index in [1.807, 2.05) is 6.21 Å². The lowest BCUT2D eigenvalue weighted by molar-refractivity contribution is -0.107.